The van der Waals surface area contributed by atoms with Crippen LogP contribution in [0.2, 0.25) is 0 Å². The Bertz CT molecular complexity index is 752. The van der Waals surface area contributed by atoms with Crippen molar-refractivity contribution in [1.82, 2.24) is 4.78 Å². The van der Waals surface area contributed by atoms with E-state index >= 15 is 0 Å². The minimum Gasteiger partial charge on any atom is -0.448 e. The van der Waals surface area contributed by atoms with Crippen molar-refractivity contribution in [2.45, 2.75) is 24.7 Å². The zero-order chi connectivity index (χ0) is 16.7. The second-order valence-corrected chi connectivity index (χ2v) is 8.27. The van der Waals surface area contributed by atoms with Crippen LogP contribution in [0.4, 0.5) is 4.79 Å². The van der Waals surface area contributed by atoms with E-state index in [1.54, 1.807) is 4.78 Å². The van der Waals surface area contributed by atoms with E-state index in [-0.39, 0.29) is 16.9 Å². The molecule has 0 aliphatic carbocycles. The van der Waals surface area contributed by atoms with Crippen LogP contribution in [0, 0.1) is 0 Å². The van der Waals surface area contributed by atoms with Crippen molar-refractivity contribution in [1.29, 1.82) is 0 Å². The average Bonchev–Trinajstić information content (AvgIpc) is 3.20. The molecule has 2 atom stereocenters. The summed E-state index contributed by atoms with van der Waals surface area (Å²) in [4.78, 5) is 12.4. The van der Waals surface area contributed by atoms with Crippen molar-refractivity contribution in [3.05, 3.63) is 71.8 Å². The zero-order valence-electron chi connectivity index (χ0n) is 13.7. The van der Waals surface area contributed by atoms with E-state index in [1.165, 1.54) is 11.1 Å². The molecule has 0 spiro atoms. The lowest BCUT2D eigenvalue weighted by Gasteiger charge is -2.24. The van der Waals surface area contributed by atoms with Gasteiger partial charge in [0.05, 0.1) is 25.5 Å². The molecule has 1 amide bonds. The summed E-state index contributed by atoms with van der Waals surface area (Å²) in [5.74, 6) is 0. The van der Waals surface area contributed by atoms with Gasteiger partial charge in [-0.2, -0.15) is 9.88 Å². The van der Waals surface area contributed by atoms with Crippen LogP contribution in [0.1, 0.15) is 25.0 Å². The molecule has 1 saturated heterocycles. The maximum absolute atomic E-state index is 12.4. The molecule has 2 unspecified atom stereocenters. The van der Waals surface area contributed by atoms with Gasteiger partial charge in [-0.3, -0.25) is 0 Å². The van der Waals surface area contributed by atoms with Crippen molar-refractivity contribution >= 4 is 19.9 Å². The number of fused-ring (bicyclic) bond motifs is 1. The number of ether oxygens (including phenoxy) is 1. The van der Waals surface area contributed by atoms with Gasteiger partial charge in [0.15, 0.2) is 0 Å². The molecule has 2 heterocycles. The summed E-state index contributed by atoms with van der Waals surface area (Å²) < 4.78 is 6.84. The molecule has 2 aromatic carbocycles. The molecule has 2 aliphatic heterocycles. The molecule has 5 heteroatoms. The molecule has 0 bridgehead atoms. The highest BCUT2D eigenvalue weighted by Crippen LogP contribution is 2.86. The van der Waals surface area contributed by atoms with E-state index in [4.69, 9.17) is 4.74 Å². The lowest BCUT2D eigenvalue weighted by atomic mass is 9.87. The summed E-state index contributed by atoms with van der Waals surface area (Å²) in [6.07, 6.45) is -0.334. The van der Waals surface area contributed by atoms with Gasteiger partial charge in [0, 0.05) is 5.71 Å². The van der Waals surface area contributed by atoms with Crippen LogP contribution in [0.15, 0.2) is 65.8 Å². The van der Waals surface area contributed by atoms with Crippen LogP contribution in [-0.2, 0) is 9.89 Å². The first kappa shape index (κ1) is 15.3. The highest BCUT2D eigenvalue weighted by Gasteiger charge is 2.74. The van der Waals surface area contributed by atoms with Crippen LogP contribution in [-0.4, -0.2) is 28.9 Å². The summed E-state index contributed by atoms with van der Waals surface area (Å²) >= 11 is 0. The maximum atomic E-state index is 12.4. The molecule has 4 nitrogen and oxygen atoms in total. The molecule has 24 heavy (non-hydrogen) atoms. The predicted octanol–water partition coefficient (Wildman–Crippen LogP) is 4.56. The van der Waals surface area contributed by atoms with Gasteiger partial charge in [-0.25, -0.2) is 4.79 Å². The molecular weight excluding hydrogens is 319 g/mol. The van der Waals surface area contributed by atoms with Gasteiger partial charge in [0.1, 0.15) is 0 Å². The molecule has 2 aromatic rings. The third kappa shape index (κ3) is 2.03. The second kappa shape index (κ2) is 5.71. The maximum Gasteiger partial charge on any atom is 0.433 e. The van der Waals surface area contributed by atoms with Crippen molar-refractivity contribution in [2.75, 3.05) is 6.61 Å². The Morgan fingerprint density at radius 1 is 1.12 bits per heavy atom. The van der Waals surface area contributed by atoms with Crippen molar-refractivity contribution in [3.8, 4) is 0 Å². The lowest BCUT2D eigenvalue weighted by molar-refractivity contribution is 0.133. The smallest absolute Gasteiger partial charge is 0.433 e. The fourth-order valence-corrected chi connectivity index (χ4v) is 7.13. The Morgan fingerprint density at radius 2 is 1.67 bits per heavy atom. The van der Waals surface area contributed by atoms with Crippen LogP contribution in [0.3, 0.4) is 0 Å². The quantitative estimate of drug-likeness (QED) is 0.770. The normalized spacial score (nSPS) is 23.4. The first-order valence-corrected chi connectivity index (χ1v) is 9.50. The fourth-order valence-electron chi connectivity index (χ4n) is 3.71. The third-order valence-corrected chi connectivity index (χ3v) is 7.78. The minimum absolute atomic E-state index is 0.170. The van der Waals surface area contributed by atoms with Crippen LogP contribution >= 0.6 is 8.07 Å². The van der Waals surface area contributed by atoms with Crippen LogP contribution < -0.4 is 0 Å². The number of nitrogens with zero attached hydrogens (tertiary/aromatic N) is 2. The van der Waals surface area contributed by atoms with E-state index in [9.17, 15) is 4.79 Å². The van der Waals surface area contributed by atoms with E-state index < -0.39 is 8.07 Å². The monoisotopic (exact) mass is 338 g/mol. The summed E-state index contributed by atoms with van der Waals surface area (Å²) in [6.45, 7) is 4.21. The summed E-state index contributed by atoms with van der Waals surface area (Å²) in [6, 6.07) is 20.9. The van der Waals surface area contributed by atoms with Gasteiger partial charge in [-0.15, -0.1) is 0 Å². The Balaban J connectivity index is 1.84. The average molecular weight is 338 g/mol. The third-order valence-electron chi connectivity index (χ3n) is 4.65. The lowest BCUT2D eigenvalue weighted by Crippen LogP contribution is -2.25. The van der Waals surface area contributed by atoms with Crippen molar-refractivity contribution in [3.63, 3.8) is 0 Å². The molecule has 4 rings (SSSR count). The number of hydrogen-bond acceptors (Lipinski definition) is 3. The number of carbonyl (C=O) groups excluding carboxylic acids is 1. The van der Waals surface area contributed by atoms with Gasteiger partial charge < -0.3 is 4.74 Å². The fraction of sp³-hybridized carbons (Fsp3) is 0.263. The van der Waals surface area contributed by atoms with Gasteiger partial charge in [0.2, 0.25) is 0 Å². The van der Waals surface area contributed by atoms with Crippen molar-refractivity contribution < 1.29 is 9.53 Å². The molecule has 2 aliphatic rings. The highest BCUT2D eigenvalue weighted by molar-refractivity contribution is 7.68. The molecular formula is C19H19N2O2P. The number of carbonyl (C=O) groups is 1. The van der Waals surface area contributed by atoms with Crippen molar-refractivity contribution in [2.24, 2.45) is 5.10 Å². The Morgan fingerprint density at radius 3 is 2.17 bits per heavy atom. The zero-order valence-corrected chi connectivity index (χ0v) is 14.6. The second-order valence-electron chi connectivity index (χ2n) is 5.98. The first-order chi connectivity index (χ1) is 11.7. The molecule has 0 aromatic heterocycles. The summed E-state index contributed by atoms with van der Waals surface area (Å²) in [5.41, 5.74) is 3.77. The molecule has 0 N–H and O–H groups in total. The van der Waals surface area contributed by atoms with E-state index in [0.717, 1.165) is 5.71 Å². The van der Waals surface area contributed by atoms with Gasteiger partial charge in [-0.05, 0) is 25.0 Å². The van der Waals surface area contributed by atoms with Crippen LogP contribution in [0.5, 0.6) is 0 Å². The SMILES string of the molecule is CCOC(=O)N1N=C(C)C2P1C2(c1ccccc1)c1ccccc1. The number of benzene rings is 2. The van der Waals surface area contributed by atoms with E-state index in [2.05, 4.69) is 53.6 Å². The van der Waals surface area contributed by atoms with Gasteiger partial charge in [-0.1, -0.05) is 60.7 Å². The number of hydrazone groups is 1. The van der Waals surface area contributed by atoms with Crippen LogP contribution in [0.25, 0.3) is 0 Å². The molecule has 0 saturated carbocycles. The Hall–Kier alpha value is -2.19. The highest BCUT2D eigenvalue weighted by atomic mass is 31.1. The standard InChI is InChI=1S/C19H19N2O2P/c1-3-23-18(22)21-20-14(2)17-19(24(17)21,15-10-6-4-7-11-15)16-12-8-5-9-13-16/h4-13,17H,3H2,1-2H3. The number of hydrogen-bond donors (Lipinski definition) is 0. The van der Waals surface area contributed by atoms with Gasteiger partial charge >= 0.3 is 6.09 Å². The largest absolute Gasteiger partial charge is 0.448 e. The predicted molar refractivity (Wildman–Crippen MR) is 96.3 cm³/mol. The van der Waals surface area contributed by atoms with Gasteiger partial charge in [0.25, 0.3) is 0 Å². The van der Waals surface area contributed by atoms with E-state index in [1.807, 2.05) is 26.0 Å². The Labute approximate surface area is 142 Å². The topological polar surface area (TPSA) is 41.9 Å². The molecule has 1 fully saturated rings. The summed E-state index contributed by atoms with van der Waals surface area (Å²) in [5, 5.41) is 4.32. The molecule has 0 radical (unpaired) electrons. The number of rotatable bonds is 3. The minimum atomic E-state index is -0.797. The summed E-state index contributed by atoms with van der Waals surface area (Å²) in [7, 11) is -0.797. The van der Waals surface area contributed by atoms with E-state index in [0.29, 0.717) is 6.61 Å². The Kier molecular flexibility index (Phi) is 3.65. The first-order valence-electron chi connectivity index (χ1n) is 8.13. The number of amides is 1. The molecule has 122 valence electrons.